The fraction of sp³-hybridized carbons (Fsp3) is 0.318. The van der Waals surface area contributed by atoms with Gasteiger partial charge in [0.2, 0.25) is 11.6 Å². The number of nitriles is 1. The Hall–Kier alpha value is -3.84. The molecule has 1 aromatic carbocycles. The number of aromatic nitrogens is 4. The monoisotopic (exact) mass is 448 g/mol. The SMILES string of the molecule is Cl.[C-]#[N+]c1nc2nc(N3CCNCC3)n(CC#CC)c2c(=O)n1Cc1ccccc1C#N. The molecule has 0 aliphatic carbocycles. The van der Waals surface area contributed by atoms with Crippen molar-refractivity contribution in [3.8, 4) is 17.9 Å². The Morgan fingerprint density at radius 2 is 1.97 bits per heavy atom. The van der Waals surface area contributed by atoms with Gasteiger partial charge in [-0.1, -0.05) is 24.1 Å². The van der Waals surface area contributed by atoms with Crippen LogP contribution in [0, 0.1) is 29.7 Å². The van der Waals surface area contributed by atoms with Gasteiger partial charge in [-0.3, -0.25) is 9.13 Å². The number of imidazole rings is 1. The van der Waals surface area contributed by atoms with Gasteiger partial charge in [-0.05, 0) is 13.0 Å². The third-order valence-electron chi connectivity index (χ3n) is 5.20. The van der Waals surface area contributed by atoms with Gasteiger partial charge in [-0.25, -0.2) is 4.79 Å². The van der Waals surface area contributed by atoms with Gasteiger partial charge in [-0.15, -0.1) is 29.9 Å². The Kier molecular flexibility index (Phi) is 7.12. The first-order valence-electron chi connectivity index (χ1n) is 9.89. The first kappa shape index (κ1) is 22.8. The second-order valence-corrected chi connectivity index (χ2v) is 7.02. The minimum atomic E-state index is -0.365. The Morgan fingerprint density at radius 3 is 2.66 bits per heavy atom. The zero-order valence-corrected chi connectivity index (χ0v) is 18.3. The average molecular weight is 449 g/mol. The number of piperazine rings is 1. The number of nitrogens with one attached hydrogen (secondary N) is 1. The molecule has 1 aliphatic rings. The van der Waals surface area contributed by atoms with E-state index in [9.17, 15) is 10.1 Å². The molecule has 1 aliphatic heterocycles. The Morgan fingerprint density at radius 1 is 1.22 bits per heavy atom. The molecule has 4 rings (SSSR count). The van der Waals surface area contributed by atoms with Gasteiger partial charge in [0.25, 0.3) is 0 Å². The second kappa shape index (κ2) is 9.98. The maximum atomic E-state index is 13.5. The zero-order valence-electron chi connectivity index (χ0n) is 17.5. The van der Waals surface area contributed by atoms with Gasteiger partial charge in [0.15, 0.2) is 5.52 Å². The Labute approximate surface area is 191 Å². The minimum Gasteiger partial charge on any atom is -0.396 e. The standard InChI is InChI=1S/C22H20N8O.ClH/c1-3-4-11-29-18-19(27-22(29)28-12-9-25-10-13-28)26-21(24-2)30(20(18)31)15-17-8-6-5-7-16(17)14-23;/h5-8,25H,9-13,15H2,1H3;1H. The molecule has 0 unspecified atom stereocenters. The summed E-state index contributed by atoms with van der Waals surface area (Å²) in [5.74, 6) is 6.47. The van der Waals surface area contributed by atoms with Crippen LogP contribution >= 0.6 is 12.4 Å². The van der Waals surface area contributed by atoms with Gasteiger partial charge < -0.3 is 15.1 Å². The van der Waals surface area contributed by atoms with Crippen molar-refractivity contribution in [2.75, 3.05) is 31.1 Å². The Balaban J connectivity index is 0.00000289. The van der Waals surface area contributed by atoms with Crippen molar-refractivity contribution < 1.29 is 0 Å². The van der Waals surface area contributed by atoms with Crippen molar-refractivity contribution in [3.63, 3.8) is 0 Å². The molecule has 0 atom stereocenters. The van der Waals surface area contributed by atoms with Crippen LogP contribution in [0.1, 0.15) is 18.1 Å². The summed E-state index contributed by atoms with van der Waals surface area (Å²) in [5.41, 5.74) is 1.30. The van der Waals surface area contributed by atoms with Crippen LogP contribution in [-0.4, -0.2) is 45.3 Å². The molecule has 0 bridgehead atoms. The van der Waals surface area contributed by atoms with Crippen molar-refractivity contribution in [3.05, 3.63) is 57.2 Å². The van der Waals surface area contributed by atoms with Gasteiger partial charge in [-0.2, -0.15) is 10.2 Å². The van der Waals surface area contributed by atoms with Crippen molar-refractivity contribution in [1.82, 2.24) is 24.4 Å². The normalized spacial score (nSPS) is 12.9. The largest absolute Gasteiger partial charge is 0.396 e. The highest BCUT2D eigenvalue weighted by atomic mass is 35.5. The molecule has 162 valence electrons. The predicted molar refractivity (Wildman–Crippen MR) is 124 cm³/mol. The molecule has 0 radical (unpaired) electrons. The van der Waals surface area contributed by atoms with Crippen LogP contribution in [0.4, 0.5) is 11.9 Å². The van der Waals surface area contributed by atoms with E-state index in [1.165, 1.54) is 4.57 Å². The lowest BCUT2D eigenvalue weighted by Crippen LogP contribution is -2.44. The zero-order chi connectivity index (χ0) is 21.8. The summed E-state index contributed by atoms with van der Waals surface area (Å²) in [4.78, 5) is 28.1. The summed E-state index contributed by atoms with van der Waals surface area (Å²) in [6.07, 6.45) is 0. The third kappa shape index (κ3) is 4.15. The van der Waals surface area contributed by atoms with Crippen LogP contribution < -0.4 is 15.8 Å². The van der Waals surface area contributed by atoms with E-state index in [4.69, 9.17) is 6.57 Å². The van der Waals surface area contributed by atoms with Crippen LogP contribution in [0.5, 0.6) is 0 Å². The molecule has 0 spiro atoms. The molecule has 3 aromatic rings. The van der Waals surface area contributed by atoms with E-state index in [2.05, 4.69) is 42.9 Å². The summed E-state index contributed by atoms with van der Waals surface area (Å²) in [6.45, 7) is 12.8. The van der Waals surface area contributed by atoms with Crippen LogP contribution in [0.3, 0.4) is 0 Å². The molecule has 3 heterocycles. The molecule has 1 fully saturated rings. The lowest BCUT2D eigenvalue weighted by molar-refractivity contribution is 0.572. The number of nitrogens with zero attached hydrogens (tertiary/aromatic N) is 7. The molecular formula is C22H21ClN8O. The van der Waals surface area contributed by atoms with Crippen LogP contribution in [0.15, 0.2) is 29.1 Å². The lowest BCUT2D eigenvalue weighted by atomic mass is 10.1. The third-order valence-corrected chi connectivity index (χ3v) is 5.20. The smallest absolute Gasteiger partial charge is 0.343 e. The average Bonchev–Trinajstić information content (AvgIpc) is 3.18. The number of rotatable bonds is 4. The molecule has 10 heteroatoms. The van der Waals surface area contributed by atoms with Crippen LogP contribution in [0.2, 0.25) is 0 Å². The first-order chi connectivity index (χ1) is 15.2. The highest BCUT2D eigenvalue weighted by Crippen LogP contribution is 2.22. The van der Waals surface area contributed by atoms with E-state index >= 15 is 0 Å². The predicted octanol–water partition coefficient (Wildman–Crippen LogP) is 1.92. The molecule has 2 aromatic heterocycles. The Bertz CT molecular complexity index is 1340. The number of benzene rings is 1. The van der Waals surface area contributed by atoms with E-state index < -0.39 is 0 Å². The lowest BCUT2D eigenvalue weighted by Gasteiger charge is -2.28. The molecular weight excluding hydrogens is 428 g/mol. The fourth-order valence-corrected chi connectivity index (χ4v) is 3.67. The topological polar surface area (TPSA) is 96.1 Å². The minimum absolute atomic E-state index is 0. The number of halogens is 1. The van der Waals surface area contributed by atoms with Gasteiger partial charge in [0.05, 0.1) is 24.7 Å². The summed E-state index contributed by atoms with van der Waals surface area (Å²) >= 11 is 0. The fourth-order valence-electron chi connectivity index (χ4n) is 3.67. The van der Waals surface area contributed by atoms with Gasteiger partial charge in [0, 0.05) is 31.7 Å². The number of anilines is 1. The van der Waals surface area contributed by atoms with E-state index in [0.717, 1.165) is 26.2 Å². The number of fused-ring (bicyclic) bond motifs is 1. The summed E-state index contributed by atoms with van der Waals surface area (Å²) in [6, 6.07) is 9.16. The quantitative estimate of drug-likeness (QED) is 0.484. The molecule has 9 nitrogen and oxygen atoms in total. The van der Waals surface area contributed by atoms with Crippen molar-refractivity contribution in [2.24, 2.45) is 0 Å². The number of hydrogen-bond acceptors (Lipinski definition) is 6. The number of hydrogen-bond donors (Lipinski definition) is 1. The summed E-state index contributed by atoms with van der Waals surface area (Å²) < 4.78 is 3.09. The highest BCUT2D eigenvalue weighted by Gasteiger charge is 2.25. The molecule has 32 heavy (non-hydrogen) atoms. The van der Waals surface area contributed by atoms with Crippen molar-refractivity contribution >= 4 is 35.5 Å². The van der Waals surface area contributed by atoms with Gasteiger partial charge >= 0.3 is 11.5 Å². The molecule has 1 N–H and O–H groups in total. The summed E-state index contributed by atoms with van der Waals surface area (Å²) in [5, 5.41) is 12.7. The van der Waals surface area contributed by atoms with E-state index in [-0.39, 0.29) is 36.1 Å². The molecule has 1 saturated heterocycles. The molecule has 0 amide bonds. The van der Waals surface area contributed by atoms with Crippen molar-refractivity contribution in [2.45, 2.75) is 20.0 Å². The maximum Gasteiger partial charge on any atom is 0.343 e. The summed E-state index contributed by atoms with van der Waals surface area (Å²) in [7, 11) is 0. The van der Waals surface area contributed by atoms with E-state index in [1.54, 1.807) is 35.8 Å². The maximum absolute atomic E-state index is 13.5. The highest BCUT2D eigenvalue weighted by molar-refractivity contribution is 5.85. The van der Waals surface area contributed by atoms with Crippen LogP contribution in [0.25, 0.3) is 16.0 Å². The van der Waals surface area contributed by atoms with Crippen LogP contribution in [-0.2, 0) is 13.1 Å². The second-order valence-electron chi connectivity index (χ2n) is 7.02. The van der Waals surface area contributed by atoms with E-state index in [0.29, 0.717) is 29.1 Å². The molecule has 0 saturated carbocycles. The van der Waals surface area contributed by atoms with E-state index in [1.807, 2.05) is 0 Å². The first-order valence-corrected chi connectivity index (χ1v) is 9.89. The van der Waals surface area contributed by atoms with Gasteiger partial charge in [0.1, 0.15) is 0 Å². The van der Waals surface area contributed by atoms with Crippen molar-refractivity contribution in [1.29, 1.82) is 5.26 Å².